The lowest BCUT2D eigenvalue weighted by Gasteiger charge is -2.07. The van der Waals surface area contributed by atoms with Crippen LogP contribution in [-0.2, 0) is 4.79 Å². The van der Waals surface area contributed by atoms with Gasteiger partial charge in [-0.05, 0) is 18.3 Å². The number of anilines is 1. The molecule has 26 heavy (non-hydrogen) atoms. The molecule has 2 aromatic carbocycles. The molecule has 3 N–H and O–H groups in total. The molecule has 0 fully saturated rings. The van der Waals surface area contributed by atoms with E-state index in [-0.39, 0.29) is 16.5 Å². The van der Waals surface area contributed by atoms with E-state index in [9.17, 15) is 14.9 Å². The number of nitrogens with one attached hydrogen (secondary N) is 1. The minimum atomic E-state index is -0.589. The maximum atomic E-state index is 12.5. The zero-order valence-electron chi connectivity index (χ0n) is 13.2. The number of nitro groups is 1. The standard InChI is InChI=1S/C16H12N6O3S/c17-16(26)21-15(23)14(13(20-21)10-5-2-1-3-6-10)19-18-11-7-4-8-12(9-11)22(24)25/h1-9,18H,(H2,17,26)/b19-14+. The van der Waals surface area contributed by atoms with E-state index in [2.05, 4.69) is 15.6 Å². The van der Waals surface area contributed by atoms with Crippen molar-refractivity contribution >= 4 is 46.0 Å². The van der Waals surface area contributed by atoms with E-state index < -0.39 is 10.8 Å². The van der Waals surface area contributed by atoms with Gasteiger partial charge in [-0.1, -0.05) is 36.4 Å². The third-order valence-corrected chi connectivity index (χ3v) is 3.60. The molecule has 1 aliphatic heterocycles. The molecule has 0 saturated carbocycles. The highest BCUT2D eigenvalue weighted by molar-refractivity contribution is 7.80. The van der Waals surface area contributed by atoms with Crippen molar-refractivity contribution in [3.05, 3.63) is 70.3 Å². The summed E-state index contributed by atoms with van der Waals surface area (Å²) in [6.45, 7) is 0. The molecule has 0 saturated heterocycles. The monoisotopic (exact) mass is 368 g/mol. The molecule has 0 aliphatic carbocycles. The molecule has 130 valence electrons. The van der Waals surface area contributed by atoms with Gasteiger partial charge >= 0.3 is 5.91 Å². The van der Waals surface area contributed by atoms with Crippen molar-refractivity contribution in [1.29, 1.82) is 0 Å². The second kappa shape index (κ2) is 7.07. The molecule has 10 heteroatoms. The fraction of sp³-hybridized carbons (Fsp3) is 0. The van der Waals surface area contributed by atoms with Gasteiger partial charge in [0.05, 0.1) is 10.6 Å². The first-order valence-electron chi connectivity index (χ1n) is 7.34. The number of hydrogen-bond donors (Lipinski definition) is 2. The summed E-state index contributed by atoms with van der Waals surface area (Å²) in [6.07, 6.45) is 0. The highest BCUT2D eigenvalue weighted by Crippen LogP contribution is 2.18. The Bertz CT molecular complexity index is 957. The second-order valence-electron chi connectivity index (χ2n) is 5.15. The van der Waals surface area contributed by atoms with Crippen LogP contribution in [0.2, 0.25) is 0 Å². The van der Waals surface area contributed by atoms with E-state index in [0.29, 0.717) is 17.0 Å². The zero-order valence-corrected chi connectivity index (χ0v) is 14.0. The molecule has 0 atom stereocenters. The molecule has 3 rings (SSSR count). The lowest BCUT2D eigenvalue weighted by atomic mass is 10.1. The van der Waals surface area contributed by atoms with Crippen LogP contribution in [0.4, 0.5) is 11.4 Å². The van der Waals surface area contributed by atoms with Crippen molar-refractivity contribution in [2.75, 3.05) is 5.43 Å². The lowest BCUT2D eigenvalue weighted by molar-refractivity contribution is -0.384. The first-order chi connectivity index (χ1) is 12.5. The molecule has 9 nitrogen and oxygen atoms in total. The van der Waals surface area contributed by atoms with Crippen molar-refractivity contribution in [2.24, 2.45) is 15.9 Å². The third-order valence-electron chi connectivity index (χ3n) is 3.43. The Balaban J connectivity index is 1.96. The Morgan fingerprint density at radius 1 is 1.23 bits per heavy atom. The maximum Gasteiger partial charge on any atom is 0.303 e. The van der Waals surface area contributed by atoms with Gasteiger partial charge < -0.3 is 5.73 Å². The van der Waals surface area contributed by atoms with Crippen molar-refractivity contribution in [3.8, 4) is 0 Å². The first-order valence-corrected chi connectivity index (χ1v) is 7.74. The summed E-state index contributed by atoms with van der Waals surface area (Å²) in [5.41, 5.74) is 9.36. The van der Waals surface area contributed by atoms with Crippen LogP contribution in [0.5, 0.6) is 0 Å². The number of carbonyl (C=O) groups is 1. The van der Waals surface area contributed by atoms with Gasteiger partial charge in [0.2, 0.25) is 0 Å². The molecule has 0 unspecified atom stereocenters. The summed E-state index contributed by atoms with van der Waals surface area (Å²) in [4.78, 5) is 22.8. The quantitative estimate of drug-likeness (QED) is 0.482. The van der Waals surface area contributed by atoms with Crippen LogP contribution in [-0.4, -0.2) is 32.4 Å². The van der Waals surface area contributed by atoms with Crippen molar-refractivity contribution in [3.63, 3.8) is 0 Å². The molecular weight excluding hydrogens is 356 g/mol. The van der Waals surface area contributed by atoms with Crippen LogP contribution in [0.15, 0.2) is 64.8 Å². The van der Waals surface area contributed by atoms with Crippen LogP contribution in [0.25, 0.3) is 0 Å². The summed E-state index contributed by atoms with van der Waals surface area (Å²) in [7, 11) is 0. The van der Waals surface area contributed by atoms with Gasteiger partial charge in [-0.15, -0.1) is 0 Å². The average Bonchev–Trinajstić information content (AvgIpc) is 2.97. The highest BCUT2D eigenvalue weighted by Gasteiger charge is 2.34. The average molecular weight is 368 g/mol. The number of nitrogens with two attached hydrogens (primary N) is 1. The SMILES string of the molecule is NC(=S)N1N=C(c2ccccc2)/C(=N\Nc2cccc([N+](=O)[O-])c2)C1=O. The molecular formula is C16H12N6O3S. The summed E-state index contributed by atoms with van der Waals surface area (Å²) in [5, 5.41) is 19.7. The van der Waals surface area contributed by atoms with Crippen LogP contribution in [0.3, 0.4) is 0 Å². The van der Waals surface area contributed by atoms with Gasteiger partial charge in [0.15, 0.2) is 10.8 Å². The number of rotatable bonds is 4. The number of hydrogen-bond acceptors (Lipinski definition) is 7. The maximum absolute atomic E-state index is 12.5. The van der Waals surface area contributed by atoms with E-state index in [1.54, 1.807) is 30.3 Å². The Hall–Kier alpha value is -3.66. The molecule has 1 heterocycles. The van der Waals surface area contributed by atoms with E-state index >= 15 is 0 Å². The number of non-ortho nitro benzene ring substituents is 1. The number of thiocarbonyl (C=S) groups is 1. The smallest absolute Gasteiger partial charge is 0.303 e. The Morgan fingerprint density at radius 2 is 1.96 bits per heavy atom. The molecule has 0 spiro atoms. The molecule has 0 aromatic heterocycles. The van der Waals surface area contributed by atoms with Crippen LogP contribution >= 0.6 is 12.2 Å². The van der Waals surface area contributed by atoms with Crippen LogP contribution < -0.4 is 11.2 Å². The lowest BCUT2D eigenvalue weighted by Crippen LogP contribution is -2.36. The predicted octanol–water partition coefficient (Wildman–Crippen LogP) is 1.85. The molecule has 2 aromatic rings. The van der Waals surface area contributed by atoms with Crippen LogP contribution in [0.1, 0.15) is 5.56 Å². The number of hydrazone groups is 2. The minimum Gasteiger partial charge on any atom is -0.374 e. The second-order valence-corrected chi connectivity index (χ2v) is 5.57. The summed E-state index contributed by atoms with van der Waals surface area (Å²) >= 11 is 4.84. The first kappa shape index (κ1) is 17.2. The van der Waals surface area contributed by atoms with Gasteiger partial charge in [0.25, 0.3) is 5.69 Å². The van der Waals surface area contributed by atoms with Gasteiger partial charge in [0.1, 0.15) is 5.71 Å². The van der Waals surface area contributed by atoms with Gasteiger partial charge in [0, 0.05) is 17.7 Å². The van der Waals surface area contributed by atoms with Crippen molar-refractivity contribution in [2.45, 2.75) is 0 Å². The Kier molecular flexibility index (Phi) is 4.67. The van der Waals surface area contributed by atoms with E-state index in [1.165, 1.54) is 18.2 Å². The third kappa shape index (κ3) is 3.39. The summed E-state index contributed by atoms with van der Waals surface area (Å²) in [6, 6.07) is 14.7. The molecule has 0 bridgehead atoms. The molecule has 0 radical (unpaired) electrons. The molecule has 1 amide bonds. The predicted molar refractivity (Wildman–Crippen MR) is 101 cm³/mol. The van der Waals surface area contributed by atoms with E-state index in [0.717, 1.165) is 5.01 Å². The largest absolute Gasteiger partial charge is 0.374 e. The zero-order chi connectivity index (χ0) is 18.7. The normalized spacial score (nSPS) is 15.1. The highest BCUT2D eigenvalue weighted by atomic mass is 32.1. The number of benzene rings is 2. The fourth-order valence-electron chi connectivity index (χ4n) is 2.24. The van der Waals surface area contributed by atoms with E-state index in [1.807, 2.05) is 6.07 Å². The van der Waals surface area contributed by atoms with Gasteiger partial charge in [-0.25, -0.2) is 0 Å². The van der Waals surface area contributed by atoms with E-state index in [4.69, 9.17) is 18.0 Å². The van der Waals surface area contributed by atoms with Gasteiger partial charge in [-0.3, -0.25) is 20.3 Å². The number of amides is 1. The Labute approximate surface area is 152 Å². The van der Waals surface area contributed by atoms with Crippen LogP contribution in [0, 0.1) is 10.1 Å². The summed E-state index contributed by atoms with van der Waals surface area (Å²) < 4.78 is 0. The fourth-order valence-corrected chi connectivity index (χ4v) is 2.37. The topological polar surface area (TPSA) is 126 Å². The number of nitrogens with zero attached hydrogens (tertiary/aromatic N) is 4. The Morgan fingerprint density at radius 3 is 2.62 bits per heavy atom. The number of nitro benzene ring substituents is 1. The minimum absolute atomic E-state index is 0.00416. The molecule has 1 aliphatic rings. The van der Waals surface area contributed by atoms with Crippen molar-refractivity contribution < 1.29 is 9.72 Å². The number of carbonyl (C=O) groups excluding carboxylic acids is 1. The van der Waals surface area contributed by atoms with Crippen molar-refractivity contribution in [1.82, 2.24) is 5.01 Å². The summed E-state index contributed by atoms with van der Waals surface area (Å²) in [5.74, 6) is -0.589. The van der Waals surface area contributed by atoms with Gasteiger partial charge in [-0.2, -0.15) is 15.2 Å².